The van der Waals surface area contributed by atoms with Crippen LogP contribution in [0.2, 0.25) is 0 Å². The molecule has 0 bridgehead atoms. The maximum atomic E-state index is 13.0. The van der Waals surface area contributed by atoms with Gasteiger partial charge in [-0.15, -0.1) is 0 Å². The molecule has 2 atom stereocenters. The Morgan fingerprint density at radius 3 is 2.69 bits per heavy atom. The maximum absolute atomic E-state index is 13.0. The molecule has 1 aromatic rings. The minimum atomic E-state index is -2.42. The van der Waals surface area contributed by atoms with Crippen LogP contribution in [0.15, 0.2) is 24.3 Å². The zero-order valence-corrected chi connectivity index (χ0v) is 8.72. The fraction of sp³-hybridized carbons (Fsp3) is 0.143. The van der Waals surface area contributed by atoms with Crippen molar-refractivity contribution in [2.75, 3.05) is 0 Å². The molecule has 1 aromatic carbocycles. The zero-order valence-electron chi connectivity index (χ0n) is 6.31. The molecule has 6 heteroatoms. The Hall–Kier alpha value is -0.300. The third kappa shape index (κ3) is 3.15. The first-order valence-corrected chi connectivity index (χ1v) is 5.22. The van der Waals surface area contributed by atoms with E-state index in [0.717, 1.165) is 0 Å². The van der Waals surface area contributed by atoms with E-state index in [4.69, 9.17) is 4.55 Å². The van der Waals surface area contributed by atoms with E-state index >= 15 is 0 Å². The Balaban J connectivity index is 2.82. The fourth-order valence-corrected chi connectivity index (χ4v) is 1.79. The lowest BCUT2D eigenvalue weighted by Crippen LogP contribution is -2.01. The van der Waals surface area contributed by atoms with E-state index in [1.54, 1.807) is 6.07 Å². The van der Waals surface area contributed by atoms with Gasteiger partial charge in [0.05, 0.1) is 0 Å². The van der Waals surface area contributed by atoms with E-state index in [1.165, 1.54) is 18.2 Å². The smallest absolute Gasteiger partial charge is 0.284 e. The number of alkyl halides is 1. The molecule has 3 nitrogen and oxygen atoms in total. The molecule has 13 heavy (non-hydrogen) atoms. The van der Waals surface area contributed by atoms with Crippen LogP contribution >= 0.6 is 15.9 Å². The van der Waals surface area contributed by atoms with Crippen molar-refractivity contribution >= 4 is 27.3 Å². The Labute approximate surface area is 85.5 Å². The highest BCUT2D eigenvalue weighted by Crippen LogP contribution is 2.26. The second kappa shape index (κ2) is 4.80. The van der Waals surface area contributed by atoms with Gasteiger partial charge in [-0.3, -0.25) is 4.55 Å². The number of benzene rings is 1. The monoisotopic (exact) mass is 268 g/mol. The standard InChI is InChI=1S/C7H6BrFO3S/c8-7(12-13(10)11)5-3-1-2-4-6(5)9/h1-4,7H,(H,10,11). The summed E-state index contributed by atoms with van der Waals surface area (Å²) in [5.41, 5.74) is 0.185. The number of hydrogen-bond donors (Lipinski definition) is 1. The Morgan fingerprint density at radius 1 is 1.54 bits per heavy atom. The van der Waals surface area contributed by atoms with E-state index in [0.29, 0.717) is 0 Å². The highest BCUT2D eigenvalue weighted by molar-refractivity contribution is 9.09. The van der Waals surface area contributed by atoms with Crippen LogP contribution in [0.3, 0.4) is 0 Å². The van der Waals surface area contributed by atoms with E-state index in [2.05, 4.69) is 20.1 Å². The van der Waals surface area contributed by atoms with E-state index < -0.39 is 22.2 Å². The van der Waals surface area contributed by atoms with Gasteiger partial charge in [0.25, 0.3) is 0 Å². The summed E-state index contributed by atoms with van der Waals surface area (Å²) in [7, 11) is 0. The minimum Gasteiger partial charge on any atom is -0.284 e. The van der Waals surface area contributed by atoms with Crippen LogP contribution in [-0.2, 0) is 15.5 Å². The van der Waals surface area contributed by atoms with Crippen molar-refractivity contribution in [1.29, 1.82) is 0 Å². The summed E-state index contributed by atoms with van der Waals surface area (Å²) >= 11 is 0.504. The minimum absolute atomic E-state index is 0.185. The third-order valence-electron chi connectivity index (χ3n) is 1.32. The molecule has 0 spiro atoms. The van der Waals surface area contributed by atoms with Gasteiger partial charge in [0.2, 0.25) is 0 Å². The summed E-state index contributed by atoms with van der Waals surface area (Å²) in [6, 6.07) is 5.83. The number of halogens is 2. The summed E-state index contributed by atoms with van der Waals surface area (Å²) in [6.45, 7) is 0. The molecule has 0 saturated heterocycles. The molecule has 1 rings (SSSR count). The van der Waals surface area contributed by atoms with Gasteiger partial charge in [-0.25, -0.2) is 8.57 Å². The van der Waals surface area contributed by atoms with Crippen LogP contribution in [0.5, 0.6) is 0 Å². The Kier molecular flexibility index (Phi) is 3.98. The summed E-state index contributed by atoms with van der Waals surface area (Å²) in [6.07, 6.45) is 0. The summed E-state index contributed by atoms with van der Waals surface area (Å²) in [5.74, 6) is -0.491. The molecule has 2 unspecified atom stereocenters. The number of rotatable bonds is 3. The molecule has 0 amide bonds. The van der Waals surface area contributed by atoms with Crippen LogP contribution in [0.25, 0.3) is 0 Å². The maximum Gasteiger partial charge on any atom is 0.303 e. The fourth-order valence-electron chi connectivity index (χ4n) is 0.783. The Bertz CT molecular complexity index is 320. The second-order valence-electron chi connectivity index (χ2n) is 2.15. The molecule has 0 radical (unpaired) electrons. The average Bonchev–Trinajstić information content (AvgIpc) is 2.03. The lowest BCUT2D eigenvalue weighted by atomic mass is 10.2. The normalized spacial score (nSPS) is 15.3. The summed E-state index contributed by atoms with van der Waals surface area (Å²) < 4.78 is 36.0. The van der Waals surface area contributed by atoms with Gasteiger partial charge in [-0.1, -0.05) is 34.1 Å². The number of hydrogen-bond acceptors (Lipinski definition) is 2. The van der Waals surface area contributed by atoms with Crippen LogP contribution in [-0.4, -0.2) is 8.76 Å². The zero-order chi connectivity index (χ0) is 9.84. The largest absolute Gasteiger partial charge is 0.303 e. The first-order chi connectivity index (χ1) is 6.11. The van der Waals surface area contributed by atoms with Crippen molar-refractivity contribution in [3.8, 4) is 0 Å². The van der Waals surface area contributed by atoms with E-state index in [1.807, 2.05) is 0 Å². The van der Waals surface area contributed by atoms with Crippen molar-refractivity contribution in [2.24, 2.45) is 0 Å². The van der Waals surface area contributed by atoms with Gasteiger partial charge in [-0.05, 0) is 6.07 Å². The lowest BCUT2D eigenvalue weighted by molar-refractivity contribution is 0.288. The van der Waals surface area contributed by atoms with Crippen LogP contribution in [0, 0.1) is 5.82 Å². The molecule has 0 aromatic heterocycles. The highest BCUT2D eigenvalue weighted by Gasteiger charge is 2.14. The molecular formula is C7H6BrFO3S. The van der Waals surface area contributed by atoms with Crippen molar-refractivity contribution in [2.45, 2.75) is 5.01 Å². The summed E-state index contributed by atoms with van der Waals surface area (Å²) in [4.78, 5) is 0. The predicted molar refractivity (Wildman–Crippen MR) is 49.9 cm³/mol. The molecule has 72 valence electrons. The molecule has 0 heterocycles. The van der Waals surface area contributed by atoms with Crippen molar-refractivity contribution < 1.29 is 17.3 Å². The predicted octanol–water partition coefficient (Wildman–Crippen LogP) is 2.37. The molecule has 0 saturated carbocycles. The Morgan fingerprint density at radius 2 is 2.15 bits per heavy atom. The quantitative estimate of drug-likeness (QED) is 0.676. The van der Waals surface area contributed by atoms with Gasteiger partial charge >= 0.3 is 11.4 Å². The van der Waals surface area contributed by atoms with Crippen molar-refractivity contribution in [3.05, 3.63) is 35.6 Å². The lowest BCUT2D eigenvalue weighted by Gasteiger charge is -2.08. The molecular weight excluding hydrogens is 263 g/mol. The van der Waals surface area contributed by atoms with Crippen molar-refractivity contribution in [1.82, 2.24) is 0 Å². The molecule has 0 aliphatic rings. The topological polar surface area (TPSA) is 46.5 Å². The average molecular weight is 269 g/mol. The second-order valence-corrected chi connectivity index (χ2v) is 3.61. The SMILES string of the molecule is O=S(O)OC(Br)c1ccccc1F. The van der Waals surface area contributed by atoms with Crippen molar-refractivity contribution in [3.63, 3.8) is 0 Å². The molecule has 0 fully saturated rings. The third-order valence-corrected chi connectivity index (χ3v) is 2.60. The summed E-state index contributed by atoms with van der Waals surface area (Å²) in [5, 5.41) is -0.917. The molecule has 1 N–H and O–H groups in total. The first-order valence-electron chi connectivity index (χ1n) is 3.27. The van der Waals surface area contributed by atoms with Gasteiger partial charge in [-0.2, -0.15) is 4.21 Å². The van der Waals surface area contributed by atoms with Crippen LogP contribution in [0.1, 0.15) is 10.6 Å². The van der Waals surface area contributed by atoms with Crippen LogP contribution in [0.4, 0.5) is 4.39 Å². The molecule has 0 aliphatic carbocycles. The molecule has 0 aliphatic heterocycles. The van der Waals surface area contributed by atoms with E-state index in [9.17, 15) is 8.60 Å². The highest BCUT2D eigenvalue weighted by atomic mass is 79.9. The van der Waals surface area contributed by atoms with E-state index in [-0.39, 0.29) is 5.56 Å². The van der Waals surface area contributed by atoms with Gasteiger partial charge in [0.15, 0.2) is 5.01 Å². The first kappa shape index (κ1) is 10.8. The van der Waals surface area contributed by atoms with Crippen LogP contribution < -0.4 is 0 Å². The van der Waals surface area contributed by atoms with Gasteiger partial charge in [0.1, 0.15) is 5.82 Å². The van der Waals surface area contributed by atoms with Gasteiger partial charge < -0.3 is 0 Å². The van der Waals surface area contributed by atoms with Gasteiger partial charge in [0, 0.05) is 5.56 Å².